The van der Waals surface area contributed by atoms with Crippen molar-refractivity contribution in [2.24, 2.45) is 5.92 Å². The molecule has 1 N–H and O–H groups in total. The van der Waals surface area contributed by atoms with E-state index in [2.05, 4.69) is 6.92 Å². The molecule has 1 rings (SSSR count). The Labute approximate surface area is 69.8 Å². The Morgan fingerprint density at radius 3 is 2.55 bits per heavy atom. The lowest BCUT2D eigenvalue weighted by molar-refractivity contribution is 0.130. The van der Waals surface area contributed by atoms with Gasteiger partial charge in [0.2, 0.25) is 0 Å². The van der Waals surface area contributed by atoms with E-state index in [1.54, 1.807) is 0 Å². The van der Waals surface area contributed by atoms with E-state index < -0.39 is 0 Å². The zero-order chi connectivity index (χ0) is 8.10. The highest BCUT2D eigenvalue weighted by molar-refractivity contribution is 4.66. The van der Waals surface area contributed by atoms with Gasteiger partial charge in [0.15, 0.2) is 0 Å². The molecule has 11 heavy (non-hydrogen) atoms. The summed E-state index contributed by atoms with van der Waals surface area (Å²) < 4.78 is 0. The fourth-order valence-corrected chi connectivity index (χ4v) is 1.94. The van der Waals surface area contributed by atoms with Crippen LogP contribution in [0.25, 0.3) is 0 Å². The van der Waals surface area contributed by atoms with Crippen molar-refractivity contribution in [1.82, 2.24) is 0 Å². The molecule has 0 amide bonds. The van der Waals surface area contributed by atoms with Crippen LogP contribution in [-0.4, -0.2) is 11.2 Å². The summed E-state index contributed by atoms with van der Waals surface area (Å²) in [6.45, 7) is 2.26. The average molecular weight is 156 g/mol. The molecule has 0 spiro atoms. The molecule has 2 unspecified atom stereocenters. The van der Waals surface area contributed by atoms with Crippen LogP contribution < -0.4 is 0 Å². The third-order valence-corrected chi connectivity index (χ3v) is 2.89. The molecule has 1 aliphatic rings. The van der Waals surface area contributed by atoms with Gasteiger partial charge in [-0.3, -0.25) is 0 Å². The van der Waals surface area contributed by atoms with Gasteiger partial charge in [-0.1, -0.05) is 32.6 Å². The van der Waals surface area contributed by atoms with Crippen LogP contribution in [0.15, 0.2) is 0 Å². The van der Waals surface area contributed by atoms with Crippen LogP contribution >= 0.6 is 0 Å². The van der Waals surface area contributed by atoms with Crippen LogP contribution in [0, 0.1) is 5.92 Å². The van der Waals surface area contributed by atoms with Crippen molar-refractivity contribution < 1.29 is 5.11 Å². The van der Waals surface area contributed by atoms with Crippen LogP contribution in [0.1, 0.15) is 51.9 Å². The van der Waals surface area contributed by atoms with E-state index in [1.807, 2.05) is 0 Å². The number of hydrogen-bond acceptors (Lipinski definition) is 1. The summed E-state index contributed by atoms with van der Waals surface area (Å²) in [6.07, 6.45) is 8.58. The Hall–Kier alpha value is -0.0400. The van der Waals surface area contributed by atoms with E-state index in [4.69, 9.17) is 0 Å². The van der Waals surface area contributed by atoms with Gasteiger partial charge in [-0.25, -0.2) is 0 Å². The third-order valence-electron chi connectivity index (χ3n) is 2.89. The van der Waals surface area contributed by atoms with Crippen molar-refractivity contribution in [3.63, 3.8) is 0 Å². The first-order valence-corrected chi connectivity index (χ1v) is 5.01. The Morgan fingerprint density at radius 1 is 1.09 bits per heavy atom. The molecular weight excluding hydrogens is 136 g/mol. The van der Waals surface area contributed by atoms with Crippen LogP contribution in [0.5, 0.6) is 0 Å². The monoisotopic (exact) mass is 156 g/mol. The number of aliphatic hydroxyl groups excluding tert-OH is 1. The number of hydrogen-bond donors (Lipinski definition) is 1. The highest BCUT2D eigenvalue weighted by Gasteiger charge is 2.13. The Morgan fingerprint density at radius 2 is 1.82 bits per heavy atom. The number of rotatable bonds is 1. The van der Waals surface area contributed by atoms with E-state index in [-0.39, 0.29) is 6.10 Å². The van der Waals surface area contributed by atoms with Crippen LogP contribution in [0.4, 0.5) is 0 Å². The van der Waals surface area contributed by atoms with Gasteiger partial charge in [-0.05, 0) is 25.2 Å². The largest absolute Gasteiger partial charge is 0.393 e. The second-order valence-electron chi connectivity index (χ2n) is 3.79. The number of aliphatic hydroxyl groups is 1. The molecule has 1 fully saturated rings. The van der Waals surface area contributed by atoms with Gasteiger partial charge in [0.25, 0.3) is 0 Å². The first-order chi connectivity index (χ1) is 5.33. The predicted molar refractivity (Wildman–Crippen MR) is 47.5 cm³/mol. The summed E-state index contributed by atoms with van der Waals surface area (Å²) in [5, 5.41) is 9.43. The summed E-state index contributed by atoms with van der Waals surface area (Å²) >= 11 is 0. The summed E-state index contributed by atoms with van der Waals surface area (Å²) in [6, 6.07) is 0. The lowest BCUT2D eigenvalue weighted by Crippen LogP contribution is -2.12. The normalized spacial score (nSPS) is 34.4. The van der Waals surface area contributed by atoms with E-state index >= 15 is 0 Å². The minimum atomic E-state index is 0.00403. The van der Waals surface area contributed by atoms with Gasteiger partial charge in [0.1, 0.15) is 0 Å². The summed E-state index contributed by atoms with van der Waals surface area (Å²) in [7, 11) is 0. The van der Waals surface area contributed by atoms with Crippen molar-refractivity contribution in [2.45, 2.75) is 58.0 Å². The molecule has 0 aromatic heterocycles. The maximum atomic E-state index is 9.43. The Kier molecular flexibility index (Phi) is 3.92. The lowest BCUT2D eigenvalue weighted by atomic mass is 9.88. The van der Waals surface area contributed by atoms with Crippen molar-refractivity contribution in [1.29, 1.82) is 0 Å². The maximum absolute atomic E-state index is 9.43. The van der Waals surface area contributed by atoms with Crippen molar-refractivity contribution in [3.8, 4) is 0 Å². The summed E-state index contributed by atoms with van der Waals surface area (Å²) in [5.74, 6) is 0.893. The lowest BCUT2D eigenvalue weighted by Gasteiger charge is -2.20. The third kappa shape index (κ3) is 3.24. The SMILES string of the molecule is CCC1CCCCC(O)CC1. The second kappa shape index (κ2) is 4.76. The van der Waals surface area contributed by atoms with Gasteiger partial charge in [-0.15, -0.1) is 0 Å². The summed E-state index contributed by atoms with van der Waals surface area (Å²) in [4.78, 5) is 0. The fraction of sp³-hybridized carbons (Fsp3) is 1.00. The zero-order valence-corrected chi connectivity index (χ0v) is 7.55. The Bertz CT molecular complexity index is 101. The van der Waals surface area contributed by atoms with Gasteiger partial charge < -0.3 is 5.11 Å². The van der Waals surface area contributed by atoms with E-state index in [0.29, 0.717) is 0 Å². The standard InChI is InChI=1S/C10H20O/c1-2-9-5-3-4-6-10(11)8-7-9/h9-11H,2-8H2,1H3. The van der Waals surface area contributed by atoms with Crippen LogP contribution in [0.2, 0.25) is 0 Å². The van der Waals surface area contributed by atoms with Gasteiger partial charge >= 0.3 is 0 Å². The van der Waals surface area contributed by atoms with E-state index in [1.165, 1.54) is 32.1 Å². The first-order valence-electron chi connectivity index (χ1n) is 5.01. The minimum absolute atomic E-state index is 0.00403. The minimum Gasteiger partial charge on any atom is -0.393 e. The van der Waals surface area contributed by atoms with Gasteiger partial charge in [-0.2, -0.15) is 0 Å². The molecule has 0 saturated heterocycles. The van der Waals surface area contributed by atoms with E-state index in [9.17, 15) is 5.11 Å². The van der Waals surface area contributed by atoms with Gasteiger partial charge in [0, 0.05) is 0 Å². The molecule has 0 radical (unpaired) electrons. The fourth-order valence-electron chi connectivity index (χ4n) is 1.94. The second-order valence-corrected chi connectivity index (χ2v) is 3.79. The zero-order valence-electron chi connectivity index (χ0n) is 7.55. The topological polar surface area (TPSA) is 20.2 Å². The van der Waals surface area contributed by atoms with Crippen molar-refractivity contribution in [2.75, 3.05) is 0 Å². The molecule has 1 aliphatic carbocycles. The molecular formula is C10H20O. The van der Waals surface area contributed by atoms with Crippen LogP contribution in [0.3, 0.4) is 0 Å². The molecule has 0 bridgehead atoms. The maximum Gasteiger partial charge on any atom is 0.0540 e. The summed E-state index contributed by atoms with van der Waals surface area (Å²) in [5.41, 5.74) is 0. The molecule has 2 atom stereocenters. The first kappa shape index (κ1) is 9.05. The van der Waals surface area contributed by atoms with Crippen molar-refractivity contribution >= 4 is 0 Å². The average Bonchev–Trinajstić information content (AvgIpc) is 1.98. The molecule has 1 heteroatoms. The predicted octanol–water partition coefficient (Wildman–Crippen LogP) is 2.73. The molecule has 0 aliphatic heterocycles. The van der Waals surface area contributed by atoms with E-state index in [0.717, 1.165) is 18.8 Å². The molecule has 1 saturated carbocycles. The highest BCUT2D eigenvalue weighted by atomic mass is 16.3. The quantitative estimate of drug-likeness (QED) is 0.619. The molecule has 66 valence electrons. The Balaban J connectivity index is 2.25. The molecule has 0 aromatic rings. The smallest absolute Gasteiger partial charge is 0.0540 e. The molecule has 0 aromatic carbocycles. The van der Waals surface area contributed by atoms with Gasteiger partial charge in [0.05, 0.1) is 6.10 Å². The van der Waals surface area contributed by atoms with Crippen LogP contribution in [-0.2, 0) is 0 Å². The van der Waals surface area contributed by atoms with Crippen molar-refractivity contribution in [3.05, 3.63) is 0 Å². The molecule has 0 heterocycles. The highest BCUT2D eigenvalue weighted by Crippen LogP contribution is 2.24. The molecule has 1 nitrogen and oxygen atoms in total.